The van der Waals surface area contributed by atoms with E-state index in [1.165, 1.54) is 13.8 Å². The van der Waals surface area contributed by atoms with Crippen molar-refractivity contribution < 1.29 is 64.5 Å². The summed E-state index contributed by atoms with van der Waals surface area (Å²) in [5, 5.41) is 80.1. The predicted octanol–water partition coefficient (Wildman–Crippen LogP) is -4.88. The van der Waals surface area contributed by atoms with E-state index in [1.54, 1.807) is 0 Å². The van der Waals surface area contributed by atoms with Gasteiger partial charge in [0.25, 0.3) is 0 Å². The average Bonchev–Trinajstić information content (AvgIpc) is 2.71. The molecule has 1 unspecified atom stereocenters. The van der Waals surface area contributed by atoms with Crippen molar-refractivity contribution in [3.05, 3.63) is 0 Å². The molecule has 176 valence electrons. The zero-order valence-electron chi connectivity index (χ0n) is 16.4. The Hall–Kier alpha value is -0.520. The van der Waals surface area contributed by atoms with E-state index in [9.17, 15) is 40.9 Å². The average molecular weight is 442 g/mol. The highest BCUT2D eigenvalue weighted by Crippen LogP contribution is 2.29. The van der Waals surface area contributed by atoms with Gasteiger partial charge in [-0.25, -0.2) is 0 Å². The maximum Gasteiger partial charge on any atom is 0.187 e. The molecule has 0 aliphatic carbocycles. The Kier molecular flexibility index (Phi) is 7.67. The van der Waals surface area contributed by atoms with Gasteiger partial charge in [-0.2, -0.15) is 0 Å². The van der Waals surface area contributed by atoms with Gasteiger partial charge in [0.05, 0.1) is 18.8 Å². The van der Waals surface area contributed by atoms with Gasteiger partial charge < -0.3 is 64.5 Å². The fourth-order valence-corrected chi connectivity index (χ4v) is 3.61. The normalized spacial score (nSPS) is 55.4. The van der Waals surface area contributed by atoms with Crippen molar-refractivity contribution in [2.45, 2.75) is 99.9 Å². The molecule has 14 atom stereocenters. The second kappa shape index (κ2) is 9.54. The molecule has 8 N–H and O–H groups in total. The summed E-state index contributed by atoms with van der Waals surface area (Å²) < 4.78 is 26.7. The number of hydrogen-bond acceptors (Lipinski definition) is 13. The monoisotopic (exact) mass is 442 g/mol. The van der Waals surface area contributed by atoms with E-state index in [0.29, 0.717) is 0 Å². The van der Waals surface area contributed by atoms with E-state index in [0.717, 1.165) is 0 Å². The third kappa shape index (κ3) is 4.63. The van der Waals surface area contributed by atoms with Gasteiger partial charge in [0, 0.05) is 0 Å². The zero-order valence-corrected chi connectivity index (χ0v) is 16.4. The lowest BCUT2D eigenvalue weighted by molar-refractivity contribution is -0.366. The summed E-state index contributed by atoms with van der Waals surface area (Å²) in [4.78, 5) is 0. The maximum atomic E-state index is 10.6. The Balaban J connectivity index is 1.66. The van der Waals surface area contributed by atoms with Crippen LogP contribution in [0.5, 0.6) is 0 Å². The van der Waals surface area contributed by atoms with Crippen molar-refractivity contribution in [2.24, 2.45) is 0 Å². The fraction of sp³-hybridized carbons (Fsp3) is 1.00. The molecule has 13 heteroatoms. The topological polar surface area (TPSA) is 208 Å². The van der Waals surface area contributed by atoms with Crippen molar-refractivity contribution in [1.82, 2.24) is 0 Å². The van der Waals surface area contributed by atoms with Crippen LogP contribution in [-0.2, 0) is 23.7 Å². The summed E-state index contributed by atoms with van der Waals surface area (Å²) in [6.45, 7) is 2.57. The molecule has 30 heavy (non-hydrogen) atoms. The van der Waals surface area contributed by atoms with Crippen LogP contribution < -0.4 is 0 Å². The lowest BCUT2D eigenvalue weighted by Crippen LogP contribution is -2.63. The molecule has 3 rings (SSSR count). The highest BCUT2D eigenvalue weighted by atomic mass is 16.7. The molecule has 3 aliphatic heterocycles. The van der Waals surface area contributed by atoms with E-state index < -0.39 is 86.0 Å². The van der Waals surface area contributed by atoms with Crippen molar-refractivity contribution in [2.75, 3.05) is 6.61 Å². The SMILES string of the molecule is C[C@@H]1O[C@@H](O[C@@H]2COC(O)[C@H](O[C@@H]3O[C@@H](C)[C@H](O)[C@@H](O)[C@H]3O)[C@H]2O)[C@H](O)[C@H](O)[C@H]1O. The number of aliphatic hydroxyl groups excluding tert-OH is 8. The minimum absolute atomic E-state index is 0.326. The van der Waals surface area contributed by atoms with Crippen LogP contribution in [0, 0.1) is 0 Å². The molecule has 0 amide bonds. The molecule has 0 saturated carbocycles. The lowest BCUT2D eigenvalue weighted by atomic mass is 9.99. The van der Waals surface area contributed by atoms with Crippen LogP contribution in [0.4, 0.5) is 0 Å². The summed E-state index contributed by atoms with van der Waals surface area (Å²) >= 11 is 0. The smallest absolute Gasteiger partial charge is 0.187 e. The Bertz CT molecular complexity index is 566. The first-order chi connectivity index (χ1) is 14.0. The molecule has 3 heterocycles. The third-order valence-electron chi connectivity index (χ3n) is 5.65. The van der Waals surface area contributed by atoms with Gasteiger partial charge in [0.15, 0.2) is 18.9 Å². The van der Waals surface area contributed by atoms with Crippen molar-refractivity contribution in [3.8, 4) is 0 Å². The van der Waals surface area contributed by atoms with Crippen LogP contribution >= 0.6 is 0 Å². The molecule has 0 aromatic carbocycles. The van der Waals surface area contributed by atoms with E-state index in [1.807, 2.05) is 0 Å². The first-order valence-electron chi connectivity index (χ1n) is 9.71. The van der Waals surface area contributed by atoms with Gasteiger partial charge in [0.1, 0.15) is 54.9 Å². The number of hydrogen-bond donors (Lipinski definition) is 8. The molecule has 0 radical (unpaired) electrons. The molecular formula is C17H30O13. The summed E-state index contributed by atoms with van der Waals surface area (Å²) in [6.07, 6.45) is -19.7. The second-order valence-corrected chi connectivity index (χ2v) is 7.85. The lowest BCUT2D eigenvalue weighted by Gasteiger charge is -2.45. The van der Waals surface area contributed by atoms with Crippen LogP contribution in [0.2, 0.25) is 0 Å². The summed E-state index contributed by atoms with van der Waals surface area (Å²) in [5.41, 5.74) is 0. The molecule has 3 aliphatic rings. The van der Waals surface area contributed by atoms with Crippen LogP contribution in [0.3, 0.4) is 0 Å². The van der Waals surface area contributed by atoms with Gasteiger partial charge >= 0.3 is 0 Å². The van der Waals surface area contributed by atoms with Crippen LogP contribution in [-0.4, -0.2) is 133 Å². The summed E-state index contributed by atoms with van der Waals surface area (Å²) in [6, 6.07) is 0. The van der Waals surface area contributed by atoms with Crippen LogP contribution in [0.15, 0.2) is 0 Å². The number of rotatable bonds is 4. The first kappa shape index (κ1) is 24.1. The number of ether oxygens (including phenoxy) is 5. The first-order valence-corrected chi connectivity index (χ1v) is 9.71. The molecule has 0 spiro atoms. The Morgan fingerprint density at radius 1 is 0.600 bits per heavy atom. The van der Waals surface area contributed by atoms with E-state index >= 15 is 0 Å². The van der Waals surface area contributed by atoms with E-state index in [-0.39, 0.29) is 6.61 Å². The molecule has 3 fully saturated rings. The Morgan fingerprint density at radius 2 is 1.07 bits per heavy atom. The summed E-state index contributed by atoms with van der Waals surface area (Å²) in [7, 11) is 0. The van der Waals surface area contributed by atoms with Gasteiger partial charge in [-0.3, -0.25) is 0 Å². The fourth-order valence-electron chi connectivity index (χ4n) is 3.61. The Morgan fingerprint density at radius 3 is 1.57 bits per heavy atom. The Labute approximate surface area is 171 Å². The van der Waals surface area contributed by atoms with Gasteiger partial charge in [-0.15, -0.1) is 0 Å². The van der Waals surface area contributed by atoms with E-state index in [4.69, 9.17) is 23.7 Å². The maximum absolute atomic E-state index is 10.6. The van der Waals surface area contributed by atoms with Crippen LogP contribution in [0.1, 0.15) is 13.8 Å². The van der Waals surface area contributed by atoms with Gasteiger partial charge in [0.2, 0.25) is 0 Å². The quantitative estimate of drug-likeness (QED) is 0.206. The molecule has 0 aromatic heterocycles. The molecule has 0 aromatic rings. The largest absolute Gasteiger partial charge is 0.388 e. The van der Waals surface area contributed by atoms with Crippen molar-refractivity contribution in [1.29, 1.82) is 0 Å². The number of aliphatic hydroxyl groups is 8. The zero-order chi connectivity index (χ0) is 22.3. The minimum atomic E-state index is -1.67. The highest BCUT2D eigenvalue weighted by molar-refractivity contribution is 4.92. The highest BCUT2D eigenvalue weighted by Gasteiger charge is 2.50. The van der Waals surface area contributed by atoms with Crippen molar-refractivity contribution in [3.63, 3.8) is 0 Å². The standard InChI is InChI=1S/C17H30O13/c1-4-7(18)10(21)12(23)16(27-4)29-6-3-26-15(25)14(9(6)20)30-17-13(24)11(22)8(19)5(2)28-17/h4-25H,3H2,1-2H3/t4-,5-,6+,7-,8-,9-,10+,11+,12+,13+,14+,15?,16-,17-/m0/s1. The van der Waals surface area contributed by atoms with E-state index in [2.05, 4.69) is 0 Å². The molecule has 13 nitrogen and oxygen atoms in total. The molecule has 3 saturated heterocycles. The minimum Gasteiger partial charge on any atom is -0.388 e. The van der Waals surface area contributed by atoms with Crippen LogP contribution in [0.25, 0.3) is 0 Å². The van der Waals surface area contributed by atoms with Crippen molar-refractivity contribution >= 4 is 0 Å². The molecular weight excluding hydrogens is 412 g/mol. The van der Waals surface area contributed by atoms with Gasteiger partial charge in [-0.1, -0.05) is 0 Å². The second-order valence-electron chi connectivity index (χ2n) is 7.85. The summed E-state index contributed by atoms with van der Waals surface area (Å²) in [5.74, 6) is 0. The predicted molar refractivity (Wildman–Crippen MR) is 92.4 cm³/mol. The van der Waals surface area contributed by atoms with Gasteiger partial charge in [-0.05, 0) is 13.8 Å². The third-order valence-corrected chi connectivity index (χ3v) is 5.65. The molecule has 0 bridgehead atoms.